The summed E-state index contributed by atoms with van der Waals surface area (Å²) in [6.45, 7) is 8.92. The van der Waals surface area contributed by atoms with Crippen molar-refractivity contribution in [2.24, 2.45) is 5.92 Å². The van der Waals surface area contributed by atoms with Gasteiger partial charge in [0.1, 0.15) is 5.75 Å². The highest BCUT2D eigenvalue weighted by atomic mass is 35.5. The van der Waals surface area contributed by atoms with Crippen LogP contribution in [0.1, 0.15) is 34.1 Å². The number of ether oxygens (including phenoxy) is 2. The van der Waals surface area contributed by atoms with E-state index in [9.17, 15) is 13.2 Å². The lowest BCUT2D eigenvalue weighted by atomic mass is 10.2. The first-order valence-electron chi connectivity index (χ1n) is 8.92. The Balaban J connectivity index is 2.49. The van der Waals surface area contributed by atoms with E-state index in [4.69, 9.17) is 21.1 Å². The van der Waals surface area contributed by atoms with Crippen LogP contribution in [-0.2, 0) is 19.6 Å². The topological polar surface area (TPSA) is 93.7 Å². The molecule has 0 spiro atoms. The average molecular weight is 421 g/mol. The monoisotopic (exact) mass is 420 g/mol. The summed E-state index contributed by atoms with van der Waals surface area (Å²) in [4.78, 5) is 11.8. The molecule has 0 saturated heterocycles. The lowest BCUT2D eigenvalue weighted by Crippen LogP contribution is -2.30. The second kappa shape index (κ2) is 11.5. The van der Waals surface area contributed by atoms with Gasteiger partial charge in [-0.2, -0.15) is 0 Å². The number of carbonyl (C=O) groups is 1. The highest BCUT2D eigenvalue weighted by Crippen LogP contribution is 2.27. The fourth-order valence-electron chi connectivity index (χ4n) is 1.94. The molecule has 1 aromatic carbocycles. The lowest BCUT2D eigenvalue weighted by molar-refractivity contribution is -0.123. The van der Waals surface area contributed by atoms with Gasteiger partial charge in [-0.05, 0) is 44.4 Å². The summed E-state index contributed by atoms with van der Waals surface area (Å²) in [7, 11) is -3.63. The van der Waals surface area contributed by atoms with E-state index in [1.807, 2.05) is 27.7 Å². The number of benzene rings is 1. The molecular weight excluding hydrogens is 392 g/mol. The fourth-order valence-corrected chi connectivity index (χ4v) is 3.48. The second-order valence-electron chi connectivity index (χ2n) is 6.75. The summed E-state index contributed by atoms with van der Waals surface area (Å²) in [6.07, 6.45) is 0.874. The summed E-state index contributed by atoms with van der Waals surface area (Å²) in [5.74, 6) is 0.150. The van der Waals surface area contributed by atoms with E-state index in [0.717, 1.165) is 0 Å². The molecule has 0 unspecified atom stereocenters. The summed E-state index contributed by atoms with van der Waals surface area (Å²) in [5.41, 5.74) is 0. The number of carbonyl (C=O) groups excluding carboxylic acids is 1. The first kappa shape index (κ1) is 23.7. The first-order valence-corrected chi connectivity index (χ1v) is 10.8. The standard InChI is InChI=1S/C18H29ClN2O5S/c1-13(2)11-21-27(23,24)15-6-7-17(16(19)10-15)26-12-18(22)20-8-5-9-25-14(3)4/h6-7,10,13-14,21H,5,8-9,11-12H2,1-4H3,(H,20,22). The van der Waals surface area contributed by atoms with Gasteiger partial charge in [-0.1, -0.05) is 25.4 Å². The van der Waals surface area contributed by atoms with Crippen molar-refractivity contribution < 1.29 is 22.7 Å². The van der Waals surface area contributed by atoms with Crippen LogP contribution in [-0.4, -0.2) is 46.7 Å². The SMILES string of the molecule is CC(C)CNS(=O)(=O)c1ccc(OCC(=O)NCCCOC(C)C)c(Cl)c1. The van der Waals surface area contributed by atoms with E-state index in [1.54, 1.807) is 0 Å². The Morgan fingerprint density at radius 1 is 1.22 bits per heavy atom. The van der Waals surface area contributed by atoms with Gasteiger partial charge in [0.15, 0.2) is 6.61 Å². The van der Waals surface area contributed by atoms with Crippen LogP contribution in [0.2, 0.25) is 5.02 Å². The largest absolute Gasteiger partial charge is 0.482 e. The second-order valence-corrected chi connectivity index (χ2v) is 8.92. The van der Waals surface area contributed by atoms with Gasteiger partial charge in [0.2, 0.25) is 10.0 Å². The van der Waals surface area contributed by atoms with E-state index in [1.165, 1.54) is 18.2 Å². The zero-order valence-electron chi connectivity index (χ0n) is 16.2. The maximum absolute atomic E-state index is 12.2. The summed E-state index contributed by atoms with van der Waals surface area (Å²) < 4.78 is 37.7. The third-order valence-electron chi connectivity index (χ3n) is 3.35. The smallest absolute Gasteiger partial charge is 0.257 e. The molecule has 0 aromatic heterocycles. The molecular formula is C18H29ClN2O5S. The number of hydrogen-bond acceptors (Lipinski definition) is 5. The van der Waals surface area contributed by atoms with Crippen molar-refractivity contribution in [1.82, 2.24) is 10.0 Å². The van der Waals surface area contributed by atoms with E-state index in [-0.39, 0.29) is 40.2 Å². The van der Waals surface area contributed by atoms with Crippen molar-refractivity contribution in [3.63, 3.8) is 0 Å². The molecule has 0 heterocycles. The molecule has 7 nitrogen and oxygen atoms in total. The third-order valence-corrected chi connectivity index (χ3v) is 5.07. The molecule has 0 aliphatic rings. The molecule has 154 valence electrons. The Morgan fingerprint density at radius 2 is 1.93 bits per heavy atom. The Hall–Kier alpha value is -1.35. The van der Waals surface area contributed by atoms with Crippen LogP contribution in [0, 0.1) is 5.92 Å². The fraction of sp³-hybridized carbons (Fsp3) is 0.611. The van der Waals surface area contributed by atoms with Crippen LogP contribution < -0.4 is 14.8 Å². The van der Waals surface area contributed by atoms with Gasteiger partial charge in [0, 0.05) is 19.7 Å². The van der Waals surface area contributed by atoms with Gasteiger partial charge < -0.3 is 14.8 Å². The van der Waals surface area contributed by atoms with Gasteiger partial charge in [-0.15, -0.1) is 0 Å². The van der Waals surface area contributed by atoms with Crippen molar-refractivity contribution in [1.29, 1.82) is 0 Å². The minimum absolute atomic E-state index is 0.0510. The molecule has 2 N–H and O–H groups in total. The molecule has 27 heavy (non-hydrogen) atoms. The first-order chi connectivity index (χ1) is 12.6. The van der Waals surface area contributed by atoms with Crippen LogP contribution in [0.15, 0.2) is 23.1 Å². The number of nitrogens with one attached hydrogen (secondary N) is 2. The number of sulfonamides is 1. The van der Waals surface area contributed by atoms with Crippen molar-refractivity contribution in [2.75, 3.05) is 26.3 Å². The molecule has 0 atom stereocenters. The third kappa shape index (κ3) is 9.41. The number of hydrogen-bond donors (Lipinski definition) is 2. The maximum Gasteiger partial charge on any atom is 0.257 e. The van der Waals surface area contributed by atoms with Crippen molar-refractivity contribution in [3.8, 4) is 5.75 Å². The zero-order valence-corrected chi connectivity index (χ0v) is 17.8. The Kier molecular flexibility index (Phi) is 10.1. The van der Waals surface area contributed by atoms with E-state index >= 15 is 0 Å². The molecule has 0 saturated carbocycles. The summed E-state index contributed by atoms with van der Waals surface area (Å²) in [5, 5.41) is 2.84. The zero-order chi connectivity index (χ0) is 20.4. The van der Waals surface area contributed by atoms with Crippen LogP contribution in [0.3, 0.4) is 0 Å². The maximum atomic E-state index is 12.2. The minimum atomic E-state index is -3.63. The van der Waals surface area contributed by atoms with Crippen LogP contribution in [0.5, 0.6) is 5.75 Å². The average Bonchev–Trinajstić information content (AvgIpc) is 2.58. The van der Waals surface area contributed by atoms with E-state index in [2.05, 4.69) is 10.0 Å². The van der Waals surface area contributed by atoms with E-state index < -0.39 is 10.0 Å². The Morgan fingerprint density at radius 3 is 2.52 bits per heavy atom. The van der Waals surface area contributed by atoms with Crippen molar-refractivity contribution >= 4 is 27.5 Å². The van der Waals surface area contributed by atoms with Crippen LogP contribution in [0.25, 0.3) is 0 Å². The predicted octanol–water partition coefficient (Wildman–Crippen LogP) is 2.58. The van der Waals surface area contributed by atoms with Crippen LogP contribution >= 0.6 is 11.6 Å². The van der Waals surface area contributed by atoms with E-state index in [0.29, 0.717) is 26.1 Å². The van der Waals surface area contributed by atoms with Gasteiger partial charge in [-0.25, -0.2) is 13.1 Å². The molecule has 1 rings (SSSR count). The Labute approximate surface area is 166 Å². The molecule has 1 aromatic rings. The predicted molar refractivity (Wildman–Crippen MR) is 106 cm³/mol. The number of amides is 1. The molecule has 0 bridgehead atoms. The molecule has 0 radical (unpaired) electrons. The summed E-state index contributed by atoms with van der Waals surface area (Å²) >= 11 is 6.09. The summed E-state index contributed by atoms with van der Waals surface area (Å²) in [6, 6.07) is 4.14. The van der Waals surface area contributed by atoms with Crippen LogP contribution in [0.4, 0.5) is 0 Å². The van der Waals surface area contributed by atoms with Crippen molar-refractivity contribution in [3.05, 3.63) is 23.2 Å². The highest BCUT2D eigenvalue weighted by molar-refractivity contribution is 7.89. The van der Waals surface area contributed by atoms with Gasteiger partial charge >= 0.3 is 0 Å². The lowest BCUT2D eigenvalue weighted by Gasteiger charge is -2.12. The normalized spacial score (nSPS) is 11.8. The number of rotatable bonds is 12. The molecule has 0 aliphatic heterocycles. The molecule has 1 amide bonds. The van der Waals surface area contributed by atoms with Gasteiger partial charge in [0.05, 0.1) is 16.0 Å². The highest BCUT2D eigenvalue weighted by Gasteiger charge is 2.16. The molecule has 0 aliphatic carbocycles. The van der Waals surface area contributed by atoms with Gasteiger partial charge in [0.25, 0.3) is 5.91 Å². The molecule has 9 heteroatoms. The molecule has 0 fully saturated rings. The van der Waals surface area contributed by atoms with Gasteiger partial charge in [-0.3, -0.25) is 4.79 Å². The minimum Gasteiger partial charge on any atom is -0.482 e. The van der Waals surface area contributed by atoms with Crippen molar-refractivity contribution in [2.45, 2.75) is 45.1 Å². The quantitative estimate of drug-likeness (QED) is 0.507. The number of halogens is 1. The Bertz CT molecular complexity index is 708.